The third-order valence-corrected chi connectivity index (χ3v) is 5.53. The van der Waals surface area contributed by atoms with Gasteiger partial charge in [-0.05, 0) is 63.6 Å². The van der Waals surface area contributed by atoms with E-state index in [9.17, 15) is 0 Å². The Morgan fingerprint density at radius 1 is 1.26 bits per heavy atom. The van der Waals surface area contributed by atoms with Crippen molar-refractivity contribution in [3.63, 3.8) is 0 Å². The van der Waals surface area contributed by atoms with Gasteiger partial charge < -0.3 is 15.1 Å². The lowest BCUT2D eigenvalue weighted by atomic mass is 9.78. The molecule has 23 heavy (non-hydrogen) atoms. The van der Waals surface area contributed by atoms with Crippen LogP contribution in [0.25, 0.3) is 0 Å². The van der Waals surface area contributed by atoms with E-state index in [1.54, 1.807) is 0 Å². The largest absolute Gasteiger partial charge is 0.356 e. The van der Waals surface area contributed by atoms with Gasteiger partial charge in [-0.3, -0.25) is 4.99 Å². The summed E-state index contributed by atoms with van der Waals surface area (Å²) in [5, 5.41) is 3.66. The molecule has 0 aromatic rings. The van der Waals surface area contributed by atoms with Gasteiger partial charge in [0.05, 0.1) is 0 Å². The topological polar surface area (TPSA) is 30.9 Å². The van der Waals surface area contributed by atoms with Gasteiger partial charge in [0.1, 0.15) is 0 Å². The Hall–Kier alpha value is -0.0400. The van der Waals surface area contributed by atoms with Gasteiger partial charge in [-0.2, -0.15) is 0 Å². The summed E-state index contributed by atoms with van der Waals surface area (Å²) in [5.74, 6) is 1.93. The lowest BCUT2D eigenvalue weighted by Gasteiger charge is -2.42. The van der Waals surface area contributed by atoms with Crippen LogP contribution in [0.15, 0.2) is 4.99 Å². The summed E-state index contributed by atoms with van der Waals surface area (Å²) in [7, 11) is 4.16. The van der Waals surface area contributed by atoms with Crippen LogP contribution >= 0.6 is 24.0 Å². The number of hydrogen-bond acceptors (Lipinski definition) is 2. The van der Waals surface area contributed by atoms with E-state index in [0.29, 0.717) is 5.41 Å². The highest BCUT2D eigenvalue weighted by atomic mass is 127. The molecule has 0 radical (unpaired) electrons. The van der Waals surface area contributed by atoms with E-state index < -0.39 is 0 Å². The lowest BCUT2D eigenvalue weighted by Crippen LogP contribution is -2.51. The fraction of sp³-hybridized carbons (Fsp3) is 0.944. The van der Waals surface area contributed by atoms with E-state index in [2.05, 4.69) is 41.0 Å². The first-order valence-corrected chi connectivity index (χ1v) is 9.20. The molecule has 1 N–H and O–H groups in total. The fourth-order valence-corrected chi connectivity index (χ4v) is 4.14. The second-order valence-corrected chi connectivity index (χ2v) is 7.76. The van der Waals surface area contributed by atoms with Crippen molar-refractivity contribution < 1.29 is 0 Å². The molecule has 0 aromatic heterocycles. The average molecular weight is 436 g/mol. The summed E-state index contributed by atoms with van der Waals surface area (Å²) in [6.45, 7) is 10.6. The molecule has 0 amide bonds. The number of piperidine rings is 2. The lowest BCUT2D eigenvalue weighted by molar-refractivity contribution is 0.141. The molecule has 0 saturated carbocycles. The summed E-state index contributed by atoms with van der Waals surface area (Å²) in [5.41, 5.74) is 0.470. The number of halogens is 1. The molecule has 2 rings (SSSR count). The minimum atomic E-state index is 0. The van der Waals surface area contributed by atoms with Gasteiger partial charge in [0, 0.05) is 26.7 Å². The molecule has 0 aromatic carbocycles. The van der Waals surface area contributed by atoms with Crippen LogP contribution in [0.3, 0.4) is 0 Å². The normalized spacial score (nSPS) is 27.7. The predicted molar refractivity (Wildman–Crippen MR) is 111 cm³/mol. The van der Waals surface area contributed by atoms with Gasteiger partial charge in [0.25, 0.3) is 0 Å². The Labute approximate surface area is 160 Å². The number of likely N-dealkylation sites (tertiary alicyclic amines) is 2. The highest BCUT2D eigenvalue weighted by molar-refractivity contribution is 14.0. The molecule has 2 saturated heterocycles. The summed E-state index contributed by atoms with van der Waals surface area (Å²) < 4.78 is 0. The number of aliphatic imine (C=N–C) groups is 1. The maximum Gasteiger partial charge on any atom is 0.193 e. The van der Waals surface area contributed by atoms with Gasteiger partial charge in [0.15, 0.2) is 5.96 Å². The minimum Gasteiger partial charge on any atom is -0.356 e. The zero-order chi connectivity index (χ0) is 16.0. The zero-order valence-corrected chi connectivity index (χ0v) is 17.9. The number of nitrogens with one attached hydrogen (secondary N) is 1. The van der Waals surface area contributed by atoms with Crippen molar-refractivity contribution in [3.05, 3.63) is 0 Å². The molecule has 0 spiro atoms. The molecule has 5 heteroatoms. The molecule has 4 nitrogen and oxygen atoms in total. The Morgan fingerprint density at radius 2 is 1.96 bits per heavy atom. The summed E-state index contributed by atoms with van der Waals surface area (Å²) in [6.07, 6.45) is 7.90. The van der Waals surface area contributed by atoms with E-state index >= 15 is 0 Å². The molecule has 2 fully saturated rings. The molecule has 2 aliphatic heterocycles. The second-order valence-electron chi connectivity index (χ2n) is 7.76. The summed E-state index contributed by atoms with van der Waals surface area (Å²) >= 11 is 0. The first-order valence-electron chi connectivity index (χ1n) is 9.20. The Balaban J connectivity index is 0.00000264. The second kappa shape index (κ2) is 10.1. The predicted octanol–water partition coefficient (Wildman–Crippen LogP) is 3.42. The SMILES string of the molecule is CCCC1(C)CCCN(C(=NC)NCC2CCN(C)CC2)C1.I. The van der Waals surface area contributed by atoms with Gasteiger partial charge in [-0.25, -0.2) is 0 Å². The average Bonchev–Trinajstić information content (AvgIpc) is 2.50. The van der Waals surface area contributed by atoms with E-state index in [-0.39, 0.29) is 24.0 Å². The first-order chi connectivity index (χ1) is 10.6. The van der Waals surface area contributed by atoms with Crippen molar-refractivity contribution in [2.45, 2.75) is 52.4 Å². The van der Waals surface area contributed by atoms with Crippen LogP contribution in [0.2, 0.25) is 0 Å². The molecule has 1 atom stereocenters. The van der Waals surface area contributed by atoms with Crippen molar-refractivity contribution >= 4 is 29.9 Å². The van der Waals surface area contributed by atoms with Crippen LogP contribution in [-0.4, -0.2) is 62.6 Å². The molecular formula is C18H37IN4. The zero-order valence-electron chi connectivity index (χ0n) is 15.6. The third-order valence-electron chi connectivity index (χ3n) is 5.53. The Morgan fingerprint density at radius 3 is 2.57 bits per heavy atom. The van der Waals surface area contributed by atoms with Crippen LogP contribution in [0.5, 0.6) is 0 Å². The van der Waals surface area contributed by atoms with Crippen LogP contribution in [-0.2, 0) is 0 Å². The highest BCUT2D eigenvalue weighted by Crippen LogP contribution is 2.33. The van der Waals surface area contributed by atoms with Crippen molar-refractivity contribution in [1.29, 1.82) is 0 Å². The van der Waals surface area contributed by atoms with E-state index in [1.165, 1.54) is 51.6 Å². The molecule has 2 heterocycles. The molecule has 0 aliphatic carbocycles. The monoisotopic (exact) mass is 436 g/mol. The van der Waals surface area contributed by atoms with Crippen LogP contribution in [0, 0.1) is 11.3 Å². The maximum atomic E-state index is 4.56. The highest BCUT2D eigenvalue weighted by Gasteiger charge is 2.31. The summed E-state index contributed by atoms with van der Waals surface area (Å²) in [6, 6.07) is 0. The number of rotatable bonds is 4. The standard InChI is InChI=1S/C18H36N4.HI/c1-5-9-18(2)10-6-11-22(15-18)17(19-3)20-14-16-7-12-21(4)13-8-16;/h16H,5-15H2,1-4H3,(H,19,20);1H. The molecule has 0 bridgehead atoms. The minimum absolute atomic E-state index is 0. The quantitative estimate of drug-likeness (QED) is 0.416. The maximum absolute atomic E-state index is 4.56. The van der Waals surface area contributed by atoms with Crippen molar-refractivity contribution in [2.75, 3.05) is 46.8 Å². The van der Waals surface area contributed by atoms with E-state index in [0.717, 1.165) is 31.5 Å². The molecule has 1 unspecified atom stereocenters. The van der Waals surface area contributed by atoms with Gasteiger partial charge in [-0.1, -0.05) is 20.3 Å². The Kier molecular flexibility index (Phi) is 9.19. The smallest absolute Gasteiger partial charge is 0.193 e. The van der Waals surface area contributed by atoms with Crippen molar-refractivity contribution in [2.24, 2.45) is 16.3 Å². The van der Waals surface area contributed by atoms with E-state index in [1.807, 2.05) is 7.05 Å². The van der Waals surface area contributed by atoms with Crippen LogP contribution in [0.1, 0.15) is 52.4 Å². The van der Waals surface area contributed by atoms with Crippen molar-refractivity contribution in [1.82, 2.24) is 15.1 Å². The Bertz CT molecular complexity index is 362. The number of hydrogen-bond donors (Lipinski definition) is 1. The number of guanidine groups is 1. The first kappa shape index (κ1) is 21.0. The van der Waals surface area contributed by atoms with Crippen molar-refractivity contribution in [3.8, 4) is 0 Å². The van der Waals surface area contributed by atoms with Gasteiger partial charge >= 0.3 is 0 Å². The van der Waals surface area contributed by atoms with Gasteiger partial charge in [0.2, 0.25) is 0 Å². The molecule has 2 aliphatic rings. The third kappa shape index (κ3) is 6.40. The van der Waals surface area contributed by atoms with Gasteiger partial charge in [-0.15, -0.1) is 24.0 Å². The molecular weight excluding hydrogens is 399 g/mol. The van der Waals surface area contributed by atoms with Crippen LogP contribution in [0.4, 0.5) is 0 Å². The molecule has 136 valence electrons. The summed E-state index contributed by atoms with van der Waals surface area (Å²) in [4.78, 5) is 9.49. The fourth-order valence-electron chi connectivity index (χ4n) is 4.14. The number of nitrogens with zero attached hydrogens (tertiary/aromatic N) is 3. The van der Waals surface area contributed by atoms with E-state index in [4.69, 9.17) is 0 Å². The van der Waals surface area contributed by atoms with Crippen LogP contribution < -0.4 is 5.32 Å².